The Morgan fingerprint density at radius 3 is 1.35 bits per heavy atom. The first kappa shape index (κ1) is 62.5. The summed E-state index contributed by atoms with van der Waals surface area (Å²) in [4.78, 5) is 58.0. The lowest BCUT2D eigenvalue weighted by Gasteiger charge is -2.29. The summed E-state index contributed by atoms with van der Waals surface area (Å²) in [6, 6.07) is 59.0. The Morgan fingerprint density at radius 2 is 0.953 bits per heavy atom. The molecule has 0 radical (unpaired) electrons. The summed E-state index contributed by atoms with van der Waals surface area (Å²) in [6.07, 6.45) is 3.89. The molecule has 0 spiro atoms. The minimum absolute atomic E-state index is 0.0213. The second-order valence-corrected chi connectivity index (χ2v) is 22.4. The van der Waals surface area contributed by atoms with Gasteiger partial charge >= 0.3 is 0 Å². The fourth-order valence-corrected chi connectivity index (χ4v) is 11.4. The number of amides is 4. The lowest BCUT2D eigenvalue weighted by molar-refractivity contribution is -0.133. The van der Waals surface area contributed by atoms with Crippen molar-refractivity contribution in [2.45, 2.75) is 74.5 Å². The van der Waals surface area contributed by atoms with Crippen molar-refractivity contribution < 1.29 is 23.9 Å². The summed E-state index contributed by atoms with van der Waals surface area (Å²) in [6.45, 7) is 4.05. The first-order valence-corrected chi connectivity index (χ1v) is 30.0. The van der Waals surface area contributed by atoms with Gasteiger partial charge in [0.15, 0.2) is 11.9 Å². The van der Waals surface area contributed by atoms with E-state index in [-0.39, 0.29) is 59.5 Å². The van der Waals surface area contributed by atoms with Crippen LogP contribution in [0.4, 0.5) is 0 Å². The highest BCUT2D eigenvalue weighted by Gasteiger charge is 2.35. The van der Waals surface area contributed by atoms with Crippen LogP contribution in [0.25, 0.3) is 10.8 Å². The quantitative estimate of drug-likeness (QED) is 0.0167. The van der Waals surface area contributed by atoms with Crippen LogP contribution in [0.2, 0.25) is 0 Å². The number of rotatable bonds is 23. The fourth-order valence-electron chi connectivity index (χ4n) is 11.1. The van der Waals surface area contributed by atoms with Gasteiger partial charge < -0.3 is 57.9 Å². The van der Waals surface area contributed by atoms with Gasteiger partial charge in [0, 0.05) is 86.3 Å². The van der Waals surface area contributed by atoms with Gasteiger partial charge in [-0.3, -0.25) is 30.0 Å². The third-order valence-electron chi connectivity index (χ3n) is 15.6. The molecule has 0 bridgehead atoms. The van der Waals surface area contributed by atoms with Crippen molar-refractivity contribution in [2.24, 2.45) is 11.5 Å². The molecule has 17 nitrogen and oxygen atoms in total. The van der Waals surface area contributed by atoms with Crippen molar-refractivity contribution in [2.75, 3.05) is 59.5 Å². The van der Waals surface area contributed by atoms with Crippen LogP contribution in [-0.2, 0) is 9.59 Å². The molecule has 85 heavy (non-hydrogen) atoms. The van der Waals surface area contributed by atoms with E-state index in [1.54, 1.807) is 19.2 Å². The summed E-state index contributed by atoms with van der Waals surface area (Å²) in [5.41, 5.74) is 16.6. The van der Waals surface area contributed by atoms with Crippen molar-refractivity contribution in [1.82, 2.24) is 41.7 Å². The van der Waals surface area contributed by atoms with Gasteiger partial charge in [-0.15, -0.1) is 0 Å². The van der Waals surface area contributed by atoms with E-state index in [0.717, 1.165) is 26.4 Å². The van der Waals surface area contributed by atoms with Crippen LogP contribution < -0.4 is 48.1 Å². The molecule has 4 amide bonds. The number of halogens is 1. The third kappa shape index (κ3) is 18.5. The molecule has 2 aliphatic rings. The van der Waals surface area contributed by atoms with E-state index >= 15 is 0 Å². The molecule has 4 atom stereocenters. The van der Waals surface area contributed by atoms with Gasteiger partial charge in [-0.05, 0) is 108 Å². The minimum atomic E-state index is -0.439. The molecule has 12 N–H and O–H groups in total. The number of nitrogens with zero attached hydrogens (tertiary/aromatic N) is 2. The predicted molar refractivity (Wildman–Crippen MR) is 341 cm³/mol. The first-order chi connectivity index (χ1) is 41.3. The topological polar surface area (TPSA) is 256 Å². The second-order valence-electron chi connectivity index (χ2n) is 21.5. The summed E-state index contributed by atoms with van der Waals surface area (Å²) in [7, 11) is 1.57. The van der Waals surface area contributed by atoms with Crippen LogP contribution in [0.5, 0.6) is 5.75 Å². The lowest BCUT2D eigenvalue weighted by Crippen LogP contribution is -2.49. The van der Waals surface area contributed by atoms with E-state index in [1.807, 2.05) is 131 Å². The van der Waals surface area contributed by atoms with Gasteiger partial charge in [-0.1, -0.05) is 162 Å². The van der Waals surface area contributed by atoms with Gasteiger partial charge in [-0.2, -0.15) is 0 Å². The minimum Gasteiger partial charge on any atom is -0.496 e. The van der Waals surface area contributed by atoms with Crippen LogP contribution in [-0.4, -0.2) is 129 Å². The summed E-state index contributed by atoms with van der Waals surface area (Å²) in [5.74, 6) is 0.151. The molecule has 7 aromatic carbocycles. The van der Waals surface area contributed by atoms with Crippen LogP contribution >= 0.6 is 15.9 Å². The van der Waals surface area contributed by atoms with E-state index in [1.165, 1.54) is 11.1 Å². The molecule has 0 unspecified atom stereocenters. The highest BCUT2D eigenvalue weighted by molar-refractivity contribution is 9.10. The molecular weight excluding hydrogens is 1130 g/mol. The van der Waals surface area contributed by atoms with Crippen LogP contribution in [0.1, 0.15) is 93.3 Å². The number of hydrogen-bond donors (Lipinski definition) is 10. The highest BCUT2D eigenvalue weighted by atomic mass is 79.9. The average molecular weight is 1210 g/mol. The molecule has 0 saturated carbocycles. The fraction of sp³-hybridized carbons (Fsp3) is 0.313. The zero-order chi connectivity index (χ0) is 59.9. The molecule has 2 aliphatic heterocycles. The number of ether oxygens (including phenoxy) is 1. The normalized spacial score (nSPS) is 17.0. The molecule has 0 aliphatic carbocycles. The Kier molecular flexibility index (Phi) is 23.4. The summed E-state index contributed by atoms with van der Waals surface area (Å²) < 4.78 is 6.47. The van der Waals surface area contributed by atoms with E-state index in [2.05, 4.69) is 96.4 Å². The number of fused-ring (bicyclic) bond motifs is 1. The Balaban J connectivity index is 0.000000223. The number of hydrogen-bond acceptors (Lipinski definition) is 9. The third-order valence-corrected chi connectivity index (χ3v) is 16.1. The number of carbonyl (C=O) groups is 4. The molecule has 18 heteroatoms. The number of methoxy groups -OCH3 is 1. The smallest absolute Gasteiger partial charge is 0.255 e. The van der Waals surface area contributed by atoms with E-state index in [4.69, 9.17) is 27.0 Å². The number of guanidine groups is 2. The molecule has 7 aromatic rings. The lowest BCUT2D eigenvalue weighted by atomic mass is 9.90. The molecule has 2 saturated heterocycles. The predicted octanol–water partition coefficient (Wildman–Crippen LogP) is 8.07. The standard InChI is InChI=1S/C36H42N6O3.C31H37BrN6O2/c1-45-33-22-28-16-9-8-15-27(28)21-30(33)34(43)40-23-29-18-20-42(35(44)32(41-29)17-10-19-39-36(37)38)24-31(25-11-4-2-5-12-25)26-13-6-3-7-14-26;32-25-15-13-24(14-16-25)29(39)36-20-26-17-19-38(30(40)28(37-26)12-7-18-35-31(33)34)21-27(22-8-3-1-4-9-22)23-10-5-2-6-11-23/h2-9,11-16,21-22,29,31-32,41H,10,17-20,23-24H2,1H3,(H,40,43)(H4,37,38,39);1-6,8-11,13-16,26-28,37H,7,12,17-21H2,(H,36,39)(H4,33,34,35)/t29-,32-;26-,28-/m00/s1. The maximum atomic E-state index is 14.1. The molecule has 2 fully saturated rings. The van der Waals surface area contributed by atoms with E-state index < -0.39 is 12.1 Å². The van der Waals surface area contributed by atoms with Gasteiger partial charge in [0.05, 0.1) is 24.8 Å². The monoisotopic (exact) mass is 1210 g/mol. The van der Waals surface area contributed by atoms with Crippen molar-refractivity contribution in [1.29, 1.82) is 10.8 Å². The molecular formula is C67H79BrN12O5. The second kappa shape index (κ2) is 31.9. The summed E-state index contributed by atoms with van der Waals surface area (Å²) in [5, 5.41) is 35.7. The van der Waals surface area contributed by atoms with E-state index in [9.17, 15) is 19.2 Å². The molecule has 0 aromatic heterocycles. The zero-order valence-corrected chi connectivity index (χ0v) is 49.7. The molecule has 444 valence electrons. The van der Waals surface area contributed by atoms with Crippen LogP contribution in [0.3, 0.4) is 0 Å². The van der Waals surface area contributed by atoms with Gasteiger partial charge in [0.2, 0.25) is 11.8 Å². The zero-order valence-electron chi connectivity index (χ0n) is 48.2. The Hall–Kier alpha value is -8.58. The first-order valence-electron chi connectivity index (χ1n) is 29.2. The Labute approximate surface area is 507 Å². The van der Waals surface area contributed by atoms with E-state index in [0.29, 0.717) is 108 Å². The maximum Gasteiger partial charge on any atom is 0.255 e. The molecule has 9 rings (SSSR count). The van der Waals surface area contributed by atoms with Gasteiger partial charge in [0.25, 0.3) is 11.8 Å². The largest absolute Gasteiger partial charge is 0.496 e. The van der Waals surface area contributed by atoms with Gasteiger partial charge in [-0.25, -0.2) is 0 Å². The highest BCUT2D eigenvalue weighted by Crippen LogP contribution is 2.30. The van der Waals surface area contributed by atoms with Crippen LogP contribution in [0, 0.1) is 10.8 Å². The average Bonchev–Trinajstić information content (AvgIpc) is 4.05. The van der Waals surface area contributed by atoms with Crippen molar-refractivity contribution in [3.05, 3.63) is 220 Å². The number of nitrogens with two attached hydrogens (primary N) is 2. The number of carbonyl (C=O) groups excluding carboxylic acids is 4. The number of nitrogens with one attached hydrogen (secondary N) is 8. The van der Waals surface area contributed by atoms with Crippen molar-refractivity contribution in [3.8, 4) is 5.75 Å². The van der Waals surface area contributed by atoms with Crippen molar-refractivity contribution in [3.63, 3.8) is 0 Å². The Bertz CT molecular complexity index is 3210. The molecule has 2 heterocycles. The SMILES string of the molecule is COc1cc2ccccc2cc1C(=O)NC[C@@H]1CCN(CC(c2ccccc2)c2ccccc2)C(=O)[C@H](CCCNC(=N)N)N1.N=C(N)NCCC[C@@H]1N[C@H](CNC(=O)c2ccc(Br)cc2)CCN(CC(c2ccccc2)c2ccccc2)C1=O. The van der Waals surface area contributed by atoms with Crippen molar-refractivity contribution >= 4 is 62.3 Å². The maximum absolute atomic E-state index is 14.1. The van der Waals surface area contributed by atoms with Gasteiger partial charge in [0.1, 0.15) is 5.75 Å². The number of benzene rings is 7. The Morgan fingerprint density at radius 1 is 0.565 bits per heavy atom. The van der Waals surface area contributed by atoms with Crippen LogP contribution in [0.15, 0.2) is 186 Å². The summed E-state index contributed by atoms with van der Waals surface area (Å²) >= 11 is 3.40.